The Kier molecular flexibility index (Phi) is 17.0. The number of carbonyl (C=O) groups is 2. The van der Waals surface area contributed by atoms with E-state index in [1.807, 2.05) is 43.9 Å². The Morgan fingerprint density at radius 2 is 1.55 bits per heavy atom. The number of pyridine rings is 1. The average Bonchev–Trinajstić information content (AvgIpc) is 3.16. The first-order valence-electron chi connectivity index (χ1n) is 18.2. The van der Waals surface area contributed by atoms with Gasteiger partial charge in [-0.1, -0.05) is 6.92 Å². The number of piperazine rings is 1. The Labute approximate surface area is 322 Å². The predicted molar refractivity (Wildman–Crippen MR) is 204 cm³/mol. The van der Waals surface area contributed by atoms with Crippen LogP contribution >= 0.6 is 0 Å². The van der Waals surface area contributed by atoms with Gasteiger partial charge < -0.3 is 58.1 Å². The molecule has 0 radical (unpaired) electrons. The van der Waals surface area contributed by atoms with Gasteiger partial charge in [0.25, 0.3) is 0 Å². The zero-order valence-corrected chi connectivity index (χ0v) is 32.6. The summed E-state index contributed by atoms with van der Waals surface area (Å²) in [5.41, 5.74) is 1.59. The number of benzene rings is 1. The average molecular weight is 771 g/mol. The molecule has 3 heterocycles. The molecular formula is C38H54N6O11. The standard InChI is InChI=1S/C38H54N6O11/c1-7-29-25-43(12-13-44(29)37(47)55-38(2,3)4)33-9-8-27(24-40-33)30-10-11-39-36(42-30)41-28-22-31(48-5)35(49-6)32(23-28)54-21-20-52-17-16-50-14-15-51-18-19-53-26-34(45)46/h8-11,22-24,29H,7,12-21,25-26H2,1-6H3,(H,45,46)(H,39,41,42)/t29-/m0/s1. The monoisotopic (exact) mass is 770 g/mol. The molecule has 2 N–H and O–H groups in total. The fourth-order valence-electron chi connectivity index (χ4n) is 5.55. The van der Waals surface area contributed by atoms with E-state index in [4.69, 9.17) is 53.0 Å². The van der Waals surface area contributed by atoms with Gasteiger partial charge in [0.1, 0.15) is 24.6 Å². The summed E-state index contributed by atoms with van der Waals surface area (Å²) in [6.07, 6.45) is 3.99. The van der Waals surface area contributed by atoms with Gasteiger partial charge in [-0.05, 0) is 45.4 Å². The van der Waals surface area contributed by atoms with E-state index in [1.54, 1.807) is 31.6 Å². The molecule has 1 aliphatic heterocycles. The number of amides is 1. The van der Waals surface area contributed by atoms with Crippen molar-refractivity contribution in [3.8, 4) is 28.5 Å². The van der Waals surface area contributed by atoms with E-state index >= 15 is 0 Å². The molecule has 0 spiro atoms. The highest BCUT2D eigenvalue weighted by molar-refractivity contribution is 5.70. The van der Waals surface area contributed by atoms with Crippen molar-refractivity contribution in [1.29, 1.82) is 0 Å². The highest BCUT2D eigenvalue weighted by atomic mass is 16.6. The van der Waals surface area contributed by atoms with E-state index in [0.29, 0.717) is 93.9 Å². The molecule has 1 aliphatic rings. The number of hydrogen-bond acceptors (Lipinski definition) is 15. The Balaban J connectivity index is 1.27. The van der Waals surface area contributed by atoms with Gasteiger partial charge in [0.05, 0.1) is 72.2 Å². The van der Waals surface area contributed by atoms with Crippen LogP contribution in [0.1, 0.15) is 34.1 Å². The topological polar surface area (TPSA) is 185 Å². The first-order chi connectivity index (χ1) is 26.5. The molecular weight excluding hydrogens is 716 g/mol. The van der Waals surface area contributed by atoms with Crippen molar-refractivity contribution >= 4 is 29.5 Å². The number of carbonyl (C=O) groups excluding carboxylic acids is 1. The summed E-state index contributed by atoms with van der Waals surface area (Å²) in [6.45, 7) is 11.8. The van der Waals surface area contributed by atoms with Gasteiger partial charge in [0.15, 0.2) is 11.5 Å². The molecule has 0 saturated carbocycles. The molecule has 0 aliphatic carbocycles. The number of carboxylic acid groups (broad SMARTS) is 1. The zero-order valence-electron chi connectivity index (χ0n) is 32.6. The van der Waals surface area contributed by atoms with Crippen molar-refractivity contribution in [2.75, 3.05) is 104 Å². The largest absolute Gasteiger partial charge is 0.493 e. The highest BCUT2D eigenvalue weighted by Crippen LogP contribution is 2.40. The summed E-state index contributed by atoms with van der Waals surface area (Å²) in [6, 6.07) is 9.33. The van der Waals surface area contributed by atoms with Crippen LogP contribution in [0.15, 0.2) is 42.7 Å². The quantitative estimate of drug-likeness (QED) is 0.134. The first-order valence-corrected chi connectivity index (χ1v) is 18.2. The molecule has 1 amide bonds. The number of nitrogens with one attached hydrogen (secondary N) is 1. The molecule has 302 valence electrons. The van der Waals surface area contributed by atoms with Crippen LogP contribution in [0.3, 0.4) is 0 Å². The lowest BCUT2D eigenvalue weighted by Crippen LogP contribution is -2.56. The van der Waals surface area contributed by atoms with E-state index in [9.17, 15) is 9.59 Å². The normalized spacial score (nSPS) is 14.4. The maximum Gasteiger partial charge on any atom is 0.410 e. The van der Waals surface area contributed by atoms with Crippen LogP contribution in [0.2, 0.25) is 0 Å². The number of anilines is 3. The van der Waals surface area contributed by atoms with Crippen LogP contribution in [0.5, 0.6) is 17.2 Å². The van der Waals surface area contributed by atoms with Gasteiger partial charge >= 0.3 is 12.1 Å². The van der Waals surface area contributed by atoms with Crippen molar-refractivity contribution in [1.82, 2.24) is 19.9 Å². The van der Waals surface area contributed by atoms with Gasteiger partial charge in [-0.25, -0.2) is 24.5 Å². The molecule has 1 saturated heterocycles. The maximum atomic E-state index is 12.8. The van der Waals surface area contributed by atoms with Crippen LogP contribution in [-0.4, -0.2) is 142 Å². The highest BCUT2D eigenvalue weighted by Gasteiger charge is 2.33. The van der Waals surface area contributed by atoms with Crippen molar-refractivity contribution < 1.29 is 52.6 Å². The van der Waals surface area contributed by atoms with Crippen LogP contribution in [0.4, 0.5) is 22.2 Å². The molecule has 55 heavy (non-hydrogen) atoms. The lowest BCUT2D eigenvalue weighted by molar-refractivity contribution is -0.142. The van der Waals surface area contributed by atoms with E-state index in [-0.39, 0.29) is 32.0 Å². The first kappa shape index (κ1) is 42.8. The Bertz CT molecular complexity index is 1640. The van der Waals surface area contributed by atoms with Crippen LogP contribution in [-0.2, 0) is 28.5 Å². The summed E-state index contributed by atoms with van der Waals surface area (Å²) in [5, 5.41) is 11.8. The molecule has 17 heteroatoms. The molecule has 1 aromatic carbocycles. The van der Waals surface area contributed by atoms with E-state index < -0.39 is 11.6 Å². The van der Waals surface area contributed by atoms with Gasteiger partial charge in [0, 0.05) is 55.4 Å². The lowest BCUT2D eigenvalue weighted by atomic mass is 10.1. The number of hydrogen-bond donors (Lipinski definition) is 2. The van der Waals surface area contributed by atoms with Crippen molar-refractivity contribution in [3.05, 3.63) is 42.7 Å². The van der Waals surface area contributed by atoms with Crippen molar-refractivity contribution in [3.63, 3.8) is 0 Å². The summed E-state index contributed by atoms with van der Waals surface area (Å²) < 4.78 is 44.1. The Morgan fingerprint density at radius 3 is 2.15 bits per heavy atom. The van der Waals surface area contributed by atoms with Gasteiger partial charge in [-0.2, -0.15) is 0 Å². The van der Waals surface area contributed by atoms with E-state index in [1.165, 1.54) is 7.11 Å². The molecule has 0 unspecified atom stereocenters. The Hall–Kier alpha value is -4.97. The maximum absolute atomic E-state index is 12.8. The van der Waals surface area contributed by atoms with Crippen molar-refractivity contribution in [2.24, 2.45) is 0 Å². The summed E-state index contributed by atoms with van der Waals surface area (Å²) in [4.78, 5) is 41.1. The minimum Gasteiger partial charge on any atom is -0.493 e. The summed E-state index contributed by atoms with van der Waals surface area (Å²) >= 11 is 0. The summed E-state index contributed by atoms with van der Waals surface area (Å²) in [7, 11) is 3.08. The molecule has 1 fully saturated rings. The number of aliphatic carboxylic acids is 1. The number of rotatable bonds is 22. The molecule has 3 aromatic rings. The van der Waals surface area contributed by atoms with Gasteiger partial charge in [-0.3, -0.25) is 0 Å². The Morgan fingerprint density at radius 1 is 0.873 bits per heavy atom. The minimum atomic E-state index is -1.01. The third kappa shape index (κ3) is 14.0. The fourth-order valence-corrected chi connectivity index (χ4v) is 5.55. The molecule has 2 aromatic heterocycles. The minimum absolute atomic E-state index is 0.0205. The van der Waals surface area contributed by atoms with Crippen LogP contribution < -0.4 is 24.4 Å². The van der Waals surface area contributed by atoms with Gasteiger partial charge in [-0.15, -0.1) is 0 Å². The zero-order chi connectivity index (χ0) is 39.6. The van der Waals surface area contributed by atoms with Crippen LogP contribution in [0.25, 0.3) is 11.3 Å². The van der Waals surface area contributed by atoms with E-state index in [0.717, 1.165) is 17.8 Å². The third-order valence-electron chi connectivity index (χ3n) is 8.13. The lowest BCUT2D eigenvalue weighted by Gasteiger charge is -2.41. The smallest absolute Gasteiger partial charge is 0.410 e. The van der Waals surface area contributed by atoms with Crippen molar-refractivity contribution in [2.45, 2.75) is 45.8 Å². The second-order valence-electron chi connectivity index (χ2n) is 13.3. The number of carboxylic acids is 1. The number of aromatic nitrogens is 3. The second-order valence-corrected chi connectivity index (χ2v) is 13.3. The third-order valence-corrected chi connectivity index (χ3v) is 8.13. The SMILES string of the molecule is CC[C@H]1CN(c2ccc(-c3ccnc(Nc4cc(OC)c(OC)c(OCCOCCOCCOCCOCC(=O)O)c4)n3)cn2)CCN1C(=O)OC(C)(C)C. The summed E-state index contributed by atoms with van der Waals surface area (Å²) in [5.74, 6) is 1.52. The predicted octanol–water partition coefficient (Wildman–Crippen LogP) is 4.66. The second kappa shape index (κ2) is 21.8. The molecule has 1 atom stereocenters. The molecule has 17 nitrogen and oxygen atoms in total. The van der Waals surface area contributed by atoms with Crippen LogP contribution in [0, 0.1) is 0 Å². The molecule has 4 rings (SSSR count). The molecule has 0 bridgehead atoms. The fraction of sp³-hybridized carbons (Fsp3) is 0.553. The number of ether oxygens (including phenoxy) is 8. The van der Waals surface area contributed by atoms with Gasteiger partial charge in [0.2, 0.25) is 11.7 Å². The number of methoxy groups -OCH3 is 2. The number of nitrogens with zero attached hydrogens (tertiary/aromatic N) is 5. The van der Waals surface area contributed by atoms with E-state index in [2.05, 4.69) is 22.1 Å².